The van der Waals surface area contributed by atoms with Gasteiger partial charge in [0.1, 0.15) is 12.4 Å². The van der Waals surface area contributed by atoms with Crippen LogP contribution in [0.1, 0.15) is 42.0 Å². The number of carboxylic acids is 1. The SMILES string of the molecule is CCCN(C(=O)OCC1c2ccccc2-c2ccccc21)C(C(=O)O)c1cccc(Cl)c1F. The first-order chi connectivity index (χ1) is 15.9. The Bertz CT molecular complexity index is 1150. The lowest BCUT2D eigenvalue weighted by atomic mass is 9.98. The molecule has 0 fully saturated rings. The van der Waals surface area contributed by atoms with Crippen LogP contribution >= 0.6 is 11.6 Å². The van der Waals surface area contributed by atoms with Crippen molar-refractivity contribution in [1.82, 2.24) is 4.90 Å². The van der Waals surface area contributed by atoms with Crippen LogP contribution in [0.25, 0.3) is 11.1 Å². The summed E-state index contributed by atoms with van der Waals surface area (Å²) < 4.78 is 20.3. The Hall–Kier alpha value is -3.38. The highest BCUT2D eigenvalue weighted by atomic mass is 35.5. The second-order valence-electron chi connectivity index (χ2n) is 7.88. The van der Waals surface area contributed by atoms with Gasteiger partial charge in [-0.25, -0.2) is 14.0 Å². The second kappa shape index (κ2) is 9.63. The minimum absolute atomic E-state index is 0.0391. The van der Waals surface area contributed by atoms with Gasteiger partial charge in [0.15, 0.2) is 6.04 Å². The predicted octanol–water partition coefficient (Wildman–Crippen LogP) is 6.27. The van der Waals surface area contributed by atoms with Crippen LogP contribution in [0.3, 0.4) is 0 Å². The lowest BCUT2D eigenvalue weighted by molar-refractivity contribution is -0.143. The summed E-state index contributed by atoms with van der Waals surface area (Å²) in [6.45, 7) is 1.92. The highest BCUT2D eigenvalue weighted by Gasteiger charge is 2.36. The Kier molecular flexibility index (Phi) is 6.65. The summed E-state index contributed by atoms with van der Waals surface area (Å²) in [6, 6.07) is 18.4. The van der Waals surface area contributed by atoms with E-state index in [0.717, 1.165) is 27.2 Å². The summed E-state index contributed by atoms with van der Waals surface area (Å²) in [4.78, 5) is 26.3. The van der Waals surface area contributed by atoms with Crippen molar-refractivity contribution < 1.29 is 23.8 Å². The summed E-state index contributed by atoms with van der Waals surface area (Å²) in [5, 5.41) is 9.66. The smallest absolute Gasteiger partial charge is 0.410 e. The molecular weight excluding hydrogens is 445 g/mol. The van der Waals surface area contributed by atoms with Crippen LogP contribution in [0.5, 0.6) is 0 Å². The number of rotatable bonds is 7. The van der Waals surface area contributed by atoms with E-state index in [9.17, 15) is 19.1 Å². The summed E-state index contributed by atoms with van der Waals surface area (Å²) >= 11 is 5.86. The van der Waals surface area contributed by atoms with Gasteiger partial charge in [0.2, 0.25) is 0 Å². The number of carbonyl (C=O) groups excluding carboxylic acids is 1. The van der Waals surface area contributed by atoms with Crippen LogP contribution in [0, 0.1) is 5.82 Å². The van der Waals surface area contributed by atoms with Gasteiger partial charge in [-0.2, -0.15) is 0 Å². The Balaban J connectivity index is 1.61. The third-order valence-electron chi connectivity index (χ3n) is 5.86. The molecule has 0 spiro atoms. The number of carbonyl (C=O) groups is 2. The minimum Gasteiger partial charge on any atom is -0.479 e. The molecular formula is C26H23ClFNO4. The fourth-order valence-corrected chi connectivity index (χ4v) is 4.59. The molecule has 1 aliphatic carbocycles. The van der Waals surface area contributed by atoms with E-state index < -0.39 is 23.9 Å². The first kappa shape index (κ1) is 22.8. The van der Waals surface area contributed by atoms with E-state index in [-0.39, 0.29) is 29.7 Å². The quantitative estimate of drug-likeness (QED) is 0.445. The number of carboxylic acid groups (broad SMARTS) is 1. The molecule has 1 unspecified atom stereocenters. The number of ether oxygens (including phenoxy) is 1. The topological polar surface area (TPSA) is 66.8 Å². The maximum Gasteiger partial charge on any atom is 0.410 e. The second-order valence-corrected chi connectivity index (χ2v) is 8.29. The average Bonchev–Trinajstić information content (AvgIpc) is 3.13. The van der Waals surface area contributed by atoms with Crippen LogP contribution in [-0.4, -0.2) is 35.2 Å². The number of fused-ring (bicyclic) bond motifs is 3. The molecule has 0 heterocycles. The first-order valence-corrected chi connectivity index (χ1v) is 11.1. The fourth-order valence-electron chi connectivity index (χ4n) is 4.41. The zero-order chi connectivity index (χ0) is 23.5. The molecule has 3 aromatic rings. The third kappa shape index (κ3) is 4.31. The Morgan fingerprint density at radius 1 is 1.03 bits per heavy atom. The van der Waals surface area contributed by atoms with Crippen LogP contribution in [0.4, 0.5) is 9.18 Å². The van der Waals surface area contributed by atoms with Crippen LogP contribution in [0.2, 0.25) is 5.02 Å². The normalized spacial score (nSPS) is 13.2. The number of aliphatic carboxylic acids is 1. The Labute approximate surface area is 196 Å². The van der Waals surface area contributed by atoms with Crippen molar-refractivity contribution in [3.63, 3.8) is 0 Å². The molecule has 3 aromatic carbocycles. The van der Waals surface area contributed by atoms with E-state index >= 15 is 0 Å². The number of amides is 1. The molecule has 0 radical (unpaired) electrons. The largest absolute Gasteiger partial charge is 0.479 e. The van der Waals surface area contributed by atoms with E-state index in [1.165, 1.54) is 18.2 Å². The van der Waals surface area contributed by atoms with Crippen molar-refractivity contribution in [3.8, 4) is 11.1 Å². The average molecular weight is 468 g/mol. The summed E-state index contributed by atoms with van der Waals surface area (Å²) in [5.74, 6) is -2.40. The molecule has 0 bridgehead atoms. The van der Waals surface area contributed by atoms with Crippen LogP contribution in [0.15, 0.2) is 66.7 Å². The van der Waals surface area contributed by atoms with Crippen molar-refractivity contribution >= 4 is 23.7 Å². The predicted molar refractivity (Wildman–Crippen MR) is 124 cm³/mol. The van der Waals surface area contributed by atoms with Gasteiger partial charge in [-0.05, 0) is 34.7 Å². The molecule has 1 aliphatic rings. The maximum absolute atomic E-state index is 14.7. The molecule has 5 nitrogen and oxygen atoms in total. The first-order valence-electron chi connectivity index (χ1n) is 10.7. The monoisotopic (exact) mass is 467 g/mol. The van der Waals surface area contributed by atoms with Crippen molar-refractivity contribution in [2.45, 2.75) is 25.3 Å². The van der Waals surface area contributed by atoms with Gasteiger partial charge in [0.05, 0.1) is 5.02 Å². The van der Waals surface area contributed by atoms with Gasteiger partial charge in [0.25, 0.3) is 0 Å². The van der Waals surface area contributed by atoms with E-state index in [1.807, 2.05) is 48.5 Å². The van der Waals surface area contributed by atoms with Gasteiger partial charge in [-0.15, -0.1) is 0 Å². The van der Waals surface area contributed by atoms with Crippen molar-refractivity contribution in [1.29, 1.82) is 0 Å². The number of nitrogens with zero attached hydrogens (tertiary/aromatic N) is 1. The molecule has 33 heavy (non-hydrogen) atoms. The molecule has 1 atom stereocenters. The lowest BCUT2D eigenvalue weighted by Crippen LogP contribution is -2.40. The molecule has 0 saturated heterocycles. The molecule has 1 amide bonds. The van der Waals surface area contributed by atoms with Gasteiger partial charge >= 0.3 is 12.1 Å². The van der Waals surface area contributed by atoms with E-state index in [4.69, 9.17) is 16.3 Å². The summed E-state index contributed by atoms with van der Waals surface area (Å²) in [6.07, 6.45) is -0.346. The molecule has 4 rings (SSSR count). The number of hydrogen-bond acceptors (Lipinski definition) is 3. The van der Waals surface area contributed by atoms with E-state index in [1.54, 1.807) is 6.92 Å². The molecule has 0 aliphatic heterocycles. The molecule has 1 N–H and O–H groups in total. The van der Waals surface area contributed by atoms with Gasteiger partial charge in [-0.3, -0.25) is 4.90 Å². The number of halogens is 2. The zero-order valence-electron chi connectivity index (χ0n) is 18.0. The molecule has 7 heteroatoms. The molecule has 0 saturated carbocycles. The number of benzene rings is 3. The summed E-state index contributed by atoms with van der Waals surface area (Å²) in [7, 11) is 0. The van der Waals surface area contributed by atoms with Gasteiger partial charge in [-0.1, -0.05) is 79.2 Å². The highest BCUT2D eigenvalue weighted by Crippen LogP contribution is 2.44. The standard InChI is InChI=1S/C26H23ClFNO4/c1-2-14-29(24(25(30)31)20-12-7-13-22(27)23(20)28)26(32)33-15-21-18-10-5-3-8-16(18)17-9-4-6-11-19(17)21/h3-13,21,24H,2,14-15H2,1H3,(H,30,31). The molecule has 170 valence electrons. The maximum atomic E-state index is 14.7. The van der Waals surface area contributed by atoms with E-state index in [2.05, 4.69) is 0 Å². The lowest BCUT2D eigenvalue weighted by Gasteiger charge is -2.29. The van der Waals surface area contributed by atoms with E-state index in [0.29, 0.717) is 6.42 Å². The molecule has 0 aromatic heterocycles. The summed E-state index contributed by atoms with van der Waals surface area (Å²) in [5.41, 5.74) is 4.08. The van der Waals surface area contributed by atoms with Crippen LogP contribution < -0.4 is 0 Å². The van der Waals surface area contributed by atoms with Crippen molar-refractivity contribution in [2.24, 2.45) is 0 Å². The fraction of sp³-hybridized carbons (Fsp3) is 0.231. The van der Waals surface area contributed by atoms with Crippen molar-refractivity contribution in [3.05, 3.63) is 94.3 Å². The van der Waals surface area contributed by atoms with Crippen LogP contribution in [-0.2, 0) is 9.53 Å². The zero-order valence-corrected chi connectivity index (χ0v) is 18.8. The minimum atomic E-state index is -1.56. The van der Waals surface area contributed by atoms with Crippen molar-refractivity contribution in [2.75, 3.05) is 13.2 Å². The Morgan fingerprint density at radius 2 is 1.64 bits per heavy atom. The van der Waals surface area contributed by atoms with Gasteiger partial charge < -0.3 is 9.84 Å². The highest BCUT2D eigenvalue weighted by molar-refractivity contribution is 6.30. The number of hydrogen-bond donors (Lipinski definition) is 1. The van der Waals surface area contributed by atoms with Gasteiger partial charge in [0, 0.05) is 18.0 Å². The third-order valence-corrected chi connectivity index (χ3v) is 6.15. The Morgan fingerprint density at radius 3 is 2.21 bits per heavy atom.